The molecule has 1 saturated heterocycles. The van der Waals surface area contributed by atoms with E-state index in [1.54, 1.807) is 0 Å². The van der Waals surface area contributed by atoms with Crippen molar-refractivity contribution < 1.29 is 4.79 Å². The molecule has 5 nitrogen and oxygen atoms in total. The van der Waals surface area contributed by atoms with E-state index in [1.807, 2.05) is 64.3 Å². The van der Waals surface area contributed by atoms with E-state index in [4.69, 9.17) is 0 Å². The fraction of sp³-hybridized carbons (Fsp3) is 0.300. The lowest BCUT2D eigenvalue weighted by Crippen LogP contribution is -2.34. The molecule has 1 amide bonds. The maximum absolute atomic E-state index is 12.9. The molecule has 0 aliphatic carbocycles. The molecule has 4 rings (SSSR count). The van der Waals surface area contributed by atoms with E-state index in [1.165, 1.54) is 0 Å². The van der Waals surface area contributed by atoms with E-state index in [0.717, 1.165) is 41.8 Å². The van der Waals surface area contributed by atoms with Crippen molar-refractivity contribution in [3.63, 3.8) is 0 Å². The second-order valence-corrected chi connectivity index (χ2v) is 6.81. The number of hydrogen-bond acceptors (Lipinski definition) is 3. The molecule has 0 bridgehead atoms. The van der Waals surface area contributed by atoms with Gasteiger partial charge in [0.1, 0.15) is 6.33 Å². The number of hydrogen-bond donors (Lipinski definition) is 0. The minimum atomic E-state index is 0.107. The van der Waals surface area contributed by atoms with Crippen LogP contribution in [0.15, 0.2) is 54.9 Å². The lowest BCUT2D eigenvalue weighted by atomic mass is 10.1. The van der Waals surface area contributed by atoms with Crippen molar-refractivity contribution in [2.24, 2.45) is 0 Å². The van der Waals surface area contributed by atoms with Gasteiger partial charge in [-0.2, -0.15) is 0 Å². The molecule has 1 aliphatic rings. The highest BCUT2D eigenvalue weighted by Gasteiger charge is 2.28. The Labute approximate surface area is 147 Å². The van der Waals surface area contributed by atoms with Gasteiger partial charge in [0.05, 0.1) is 11.0 Å². The number of imidazole rings is 1. The second kappa shape index (κ2) is 6.33. The smallest absolute Gasteiger partial charge is 0.253 e. The second-order valence-electron chi connectivity index (χ2n) is 6.81. The third-order valence-corrected chi connectivity index (χ3v) is 5.01. The number of aromatic nitrogens is 2. The first-order valence-corrected chi connectivity index (χ1v) is 8.62. The van der Waals surface area contributed by atoms with Crippen molar-refractivity contribution in [2.75, 3.05) is 27.2 Å². The standard InChI is InChI=1S/C20H22N4O/c1-22(2)17-10-11-23(13-17)20(25)15-6-5-7-16(12-15)24-14-21-18-8-3-4-9-19(18)24/h3-9,12,14,17H,10-11,13H2,1-2H3. The molecule has 128 valence electrons. The molecule has 0 spiro atoms. The average molecular weight is 334 g/mol. The largest absolute Gasteiger partial charge is 0.337 e. The first-order valence-electron chi connectivity index (χ1n) is 8.62. The van der Waals surface area contributed by atoms with Gasteiger partial charge < -0.3 is 9.80 Å². The Morgan fingerprint density at radius 3 is 2.80 bits per heavy atom. The van der Waals surface area contributed by atoms with Crippen LogP contribution in [-0.2, 0) is 0 Å². The number of likely N-dealkylation sites (tertiary alicyclic amines) is 1. The summed E-state index contributed by atoms with van der Waals surface area (Å²) >= 11 is 0. The molecule has 0 saturated carbocycles. The lowest BCUT2D eigenvalue weighted by molar-refractivity contribution is 0.0783. The number of likely N-dealkylation sites (N-methyl/N-ethyl adjacent to an activating group) is 1. The minimum absolute atomic E-state index is 0.107. The molecule has 0 N–H and O–H groups in total. The lowest BCUT2D eigenvalue weighted by Gasteiger charge is -2.20. The Morgan fingerprint density at radius 1 is 1.16 bits per heavy atom. The molecular formula is C20H22N4O. The highest BCUT2D eigenvalue weighted by atomic mass is 16.2. The van der Waals surface area contributed by atoms with Crippen LogP contribution in [-0.4, -0.2) is 58.5 Å². The van der Waals surface area contributed by atoms with Crippen LogP contribution in [0.1, 0.15) is 16.8 Å². The van der Waals surface area contributed by atoms with Crippen molar-refractivity contribution in [3.05, 3.63) is 60.4 Å². The molecule has 1 fully saturated rings. The van der Waals surface area contributed by atoms with E-state index in [2.05, 4.69) is 24.0 Å². The summed E-state index contributed by atoms with van der Waals surface area (Å²) in [5.41, 5.74) is 3.69. The number of rotatable bonds is 3. The van der Waals surface area contributed by atoms with E-state index in [0.29, 0.717) is 6.04 Å². The van der Waals surface area contributed by atoms with Gasteiger partial charge in [-0.1, -0.05) is 18.2 Å². The fourth-order valence-corrected chi connectivity index (χ4v) is 3.48. The number of amides is 1. The Morgan fingerprint density at radius 2 is 2.00 bits per heavy atom. The zero-order chi connectivity index (χ0) is 17.4. The third kappa shape index (κ3) is 2.91. The van der Waals surface area contributed by atoms with Crippen LogP contribution < -0.4 is 0 Å². The van der Waals surface area contributed by atoms with E-state index in [9.17, 15) is 4.79 Å². The van der Waals surface area contributed by atoms with E-state index < -0.39 is 0 Å². The van der Waals surface area contributed by atoms with Crippen molar-refractivity contribution in [2.45, 2.75) is 12.5 Å². The molecule has 1 aliphatic heterocycles. The summed E-state index contributed by atoms with van der Waals surface area (Å²) in [4.78, 5) is 21.5. The average Bonchev–Trinajstić information content (AvgIpc) is 3.28. The molecule has 5 heteroatoms. The Hall–Kier alpha value is -2.66. The SMILES string of the molecule is CN(C)C1CCN(C(=O)c2cccc(-n3cnc4ccccc43)c2)C1. The van der Waals surface area contributed by atoms with Gasteiger partial charge in [-0.3, -0.25) is 9.36 Å². The monoisotopic (exact) mass is 334 g/mol. The van der Waals surface area contributed by atoms with Gasteiger partial charge in [-0.25, -0.2) is 4.98 Å². The summed E-state index contributed by atoms with van der Waals surface area (Å²) < 4.78 is 2.03. The van der Waals surface area contributed by atoms with Gasteiger partial charge in [0, 0.05) is 30.4 Å². The third-order valence-electron chi connectivity index (χ3n) is 5.01. The number of fused-ring (bicyclic) bond motifs is 1. The van der Waals surface area contributed by atoms with Gasteiger partial charge in [0.15, 0.2) is 0 Å². The molecular weight excluding hydrogens is 312 g/mol. The predicted octanol–water partition coefficient (Wildman–Crippen LogP) is 2.80. The molecule has 1 atom stereocenters. The number of para-hydroxylation sites is 2. The predicted molar refractivity (Wildman–Crippen MR) is 99.1 cm³/mol. The first-order chi connectivity index (χ1) is 12.1. The Balaban J connectivity index is 1.63. The molecule has 1 aromatic heterocycles. The van der Waals surface area contributed by atoms with Gasteiger partial charge in [-0.05, 0) is 50.8 Å². The summed E-state index contributed by atoms with van der Waals surface area (Å²) in [5.74, 6) is 0.107. The molecule has 1 unspecified atom stereocenters. The molecule has 3 aromatic rings. The van der Waals surface area contributed by atoms with Crippen molar-refractivity contribution >= 4 is 16.9 Å². The van der Waals surface area contributed by atoms with Crippen LogP contribution in [0, 0.1) is 0 Å². The van der Waals surface area contributed by atoms with E-state index in [-0.39, 0.29) is 5.91 Å². The van der Waals surface area contributed by atoms with Crippen molar-refractivity contribution in [1.82, 2.24) is 19.4 Å². The van der Waals surface area contributed by atoms with Gasteiger partial charge in [0.25, 0.3) is 5.91 Å². The number of benzene rings is 2. The Kier molecular flexibility index (Phi) is 4.01. The van der Waals surface area contributed by atoms with Crippen LogP contribution in [0.25, 0.3) is 16.7 Å². The van der Waals surface area contributed by atoms with Crippen LogP contribution in [0.4, 0.5) is 0 Å². The summed E-state index contributed by atoms with van der Waals surface area (Å²) in [6.45, 7) is 1.62. The fourth-order valence-electron chi connectivity index (χ4n) is 3.48. The summed E-state index contributed by atoms with van der Waals surface area (Å²) in [7, 11) is 4.15. The maximum atomic E-state index is 12.9. The normalized spacial score (nSPS) is 17.6. The quantitative estimate of drug-likeness (QED) is 0.740. The highest BCUT2D eigenvalue weighted by molar-refractivity contribution is 5.95. The van der Waals surface area contributed by atoms with E-state index >= 15 is 0 Å². The number of carbonyl (C=O) groups is 1. The number of nitrogens with zero attached hydrogens (tertiary/aromatic N) is 4. The zero-order valence-corrected chi connectivity index (χ0v) is 14.6. The minimum Gasteiger partial charge on any atom is -0.337 e. The topological polar surface area (TPSA) is 41.4 Å². The van der Waals surface area contributed by atoms with Crippen LogP contribution in [0.2, 0.25) is 0 Å². The maximum Gasteiger partial charge on any atom is 0.253 e. The van der Waals surface area contributed by atoms with Crippen LogP contribution >= 0.6 is 0 Å². The van der Waals surface area contributed by atoms with Crippen LogP contribution in [0.3, 0.4) is 0 Å². The van der Waals surface area contributed by atoms with Crippen molar-refractivity contribution in [1.29, 1.82) is 0 Å². The summed E-state index contributed by atoms with van der Waals surface area (Å²) in [6, 6.07) is 16.3. The summed E-state index contributed by atoms with van der Waals surface area (Å²) in [6.07, 6.45) is 2.84. The first kappa shape index (κ1) is 15.8. The Bertz CT molecular complexity index is 915. The van der Waals surface area contributed by atoms with Crippen LogP contribution in [0.5, 0.6) is 0 Å². The summed E-state index contributed by atoms with van der Waals surface area (Å²) in [5, 5.41) is 0. The highest BCUT2D eigenvalue weighted by Crippen LogP contribution is 2.21. The van der Waals surface area contributed by atoms with Crippen molar-refractivity contribution in [3.8, 4) is 5.69 Å². The van der Waals surface area contributed by atoms with Gasteiger partial charge in [-0.15, -0.1) is 0 Å². The molecule has 25 heavy (non-hydrogen) atoms. The van der Waals surface area contributed by atoms with Gasteiger partial charge >= 0.3 is 0 Å². The number of carbonyl (C=O) groups excluding carboxylic acids is 1. The van der Waals surface area contributed by atoms with Gasteiger partial charge in [0.2, 0.25) is 0 Å². The zero-order valence-electron chi connectivity index (χ0n) is 14.6. The molecule has 0 radical (unpaired) electrons. The molecule has 2 aromatic carbocycles. The molecule has 2 heterocycles.